The highest BCUT2D eigenvalue weighted by molar-refractivity contribution is 5.89. The first-order chi connectivity index (χ1) is 27.2. The number of nitrogens with one attached hydrogen (secondary N) is 2. The molecule has 1 aliphatic carbocycles. The average Bonchev–Trinajstić information content (AvgIpc) is 3.83. The lowest BCUT2D eigenvalue weighted by Crippen LogP contribution is -2.38. The van der Waals surface area contributed by atoms with E-state index in [0.29, 0.717) is 37.2 Å². The molecule has 4 atom stereocenters. The number of hydrogen-bond acceptors (Lipinski definition) is 9. The van der Waals surface area contributed by atoms with E-state index in [4.69, 9.17) is 24.0 Å². The number of fused-ring (bicyclic) bond motifs is 2. The van der Waals surface area contributed by atoms with E-state index in [0.717, 1.165) is 91.5 Å². The minimum atomic E-state index is -0.308. The third-order valence-electron chi connectivity index (χ3n) is 11.0. The van der Waals surface area contributed by atoms with E-state index in [2.05, 4.69) is 65.6 Å². The summed E-state index contributed by atoms with van der Waals surface area (Å²) in [6.45, 7) is 11.1. The first-order valence-corrected chi connectivity index (χ1v) is 20.2. The summed E-state index contributed by atoms with van der Waals surface area (Å²) < 4.78 is 28.1. The van der Waals surface area contributed by atoms with Crippen LogP contribution in [0.4, 0.5) is 16.6 Å². The first kappa shape index (κ1) is 37.8. The van der Waals surface area contributed by atoms with Gasteiger partial charge in [0.25, 0.3) is 0 Å². The number of benzene rings is 2. The normalized spacial score (nSPS) is 21.4. The summed E-state index contributed by atoms with van der Waals surface area (Å²) in [5.74, 6) is 2.87. The molecule has 2 fully saturated rings. The standard InChI is InChI=1S/C43H54N8O5/c1-29-12-7-9-22-49(29)42-47-46-38-21-18-32(28-50(38)42)56-36-20-19-35(33-15-5-6-16-34(33)36)44-41(52)45-39-27-37(43(2,3)4)48-51(39)30-13-11-14-31(26-30)53-24-25-55-40-17-8-10-23-54-40/h5-6,11,13-16,18,21,26-29,35-36,40H,7-10,12,17,19-20,22-25H2,1-4H3,(H2,44,45,52)/t29?,35-,36+,40?/m0/s1. The van der Waals surface area contributed by atoms with Gasteiger partial charge in [-0.3, -0.25) is 9.72 Å². The van der Waals surface area contributed by atoms with Crippen molar-refractivity contribution in [1.29, 1.82) is 0 Å². The number of piperidine rings is 1. The second-order valence-electron chi connectivity index (χ2n) is 16.2. The summed E-state index contributed by atoms with van der Waals surface area (Å²) in [6.07, 6.45) is 9.78. The predicted molar refractivity (Wildman–Crippen MR) is 215 cm³/mol. The molecule has 0 spiro atoms. The maximum atomic E-state index is 13.8. The molecule has 2 unspecified atom stereocenters. The van der Waals surface area contributed by atoms with Crippen LogP contribution >= 0.6 is 0 Å². The number of hydrogen-bond donors (Lipinski definition) is 2. The van der Waals surface area contributed by atoms with Crippen molar-refractivity contribution in [2.24, 2.45) is 0 Å². The molecule has 5 aromatic rings. The lowest BCUT2D eigenvalue weighted by molar-refractivity contribution is -0.165. The third-order valence-corrected chi connectivity index (χ3v) is 11.0. The zero-order chi connectivity index (χ0) is 38.6. The Labute approximate surface area is 328 Å². The largest absolute Gasteiger partial charge is 0.491 e. The first-order valence-electron chi connectivity index (χ1n) is 20.2. The summed E-state index contributed by atoms with van der Waals surface area (Å²) in [7, 11) is 0. The Morgan fingerprint density at radius 2 is 1.75 bits per heavy atom. The molecule has 3 aliphatic rings. The molecule has 2 aliphatic heterocycles. The van der Waals surface area contributed by atoms with Crippen LogP contribution in [0.2, 0.25) is 0 Å². The highest BCUT2D eigenvalue weighted by Crippen LogP contribution is 2.39. The molecule has 8 rings (SSSR count). The number of anilines is 2. The molecule has 0 radical (unpaired) electrons. The Morgan fingerprint density at radius 1 is 0.893 bits per heavy atom. The van der Waals surface area contributed by atoms with Crippen LogP contribution in [-0.2, 0) is 14.9 Å². The van der Waals surface area contributed by atoms with Gasteiger partial charge in [0.1, 0.15) is 30.0 Å². The lowest BCUT2D eigenvalue weighted by atomic mass is 9.85. The fraction of sp³-hybridized carbons (Fsp3) is 0.488. The van der Waals surface area contributed by atoms with Gasteiger partial charge in [0, 0.05) is 36.7 Å². The third kappa shape index (κ3) is 8.48. The van der Waals surface area contributed by atoms with Crippen LogP contribution in [0.25, 0.3) is 11.3 Å². The van der Waals surface area contributed by atoms with E-state index in [1.165, 1.54) is 6.42 Å². The fourth-order valence-electron chi connectivity index (χ4n) is 7.94. The molecule has 2 N–H and O–H groups in total. The molecule has 2 saturated heterocycles. The highest BCUT2D eigenvalue weighted by atomic mass is 16.7. The van der Waals surface area contributed by atoms with Gasteiger partial charge >= 0.3 is 6.03 Å². The smallest absolute Gasteiger partial charge is 0.320 e. The average molecular weight is 763 g/mol. The predicted octanol–water partition coefficient (Wildman–Crippen LogP) is 8.29. The molecule has 2 amide bonds. The Bertz CT molecular complexity index is 2120. The Morgan fingerprint density at radius 3 is 2.57 bits per heavy atom. The van der Waals surface area contributed by atoms with Crippen molar-refractivity contribution in [1.82, 2.24) is 29.7 Å². The quantitative estimate of drug-likeness (QED) is 0.128. The minimum absolute atomic E-state index is 0.154. The number of nitrogens with zero attached hydrogens (tertiary/aromatic N) is 6. The summed E-state index contributed by atoms with van der Waals surface area (Å²) in [4.78, 5) is 16.1. The Kier molecular flexibility index (Phi) is 11.1. The van der Waals surface area contributed by atoms with E-state index in [1.807, 2.05) is 65.2 Å². The van der Waals surface area contributed by atoms with Crippen molar-refractivity contribution in [3.05, 3.63) is 89.7 Å². The van der Waals surface area contributed by atoms with Gasteiger partial charge in [-0.05, 0) is 93.7 Å². The van der Waals surface area contributed by atoms with Crippen molar-refractivity contribution in [2.75, 3.05) is 36.6 Å². The Balaban J connectivity index is 0.947. The molecule has 56 heavy (non-hydrogen) atoms. The van der Waals surface area contributed by atoms with Gasteiger partial charge in [-0.15, -0.1) is 10.2 Å². The fourth-order valence-corrected chi connectivity index (χ4v) is 7.94. The molecule has 2 aromatic carbocycles. The summed E-state index contributed by atoms with van der Waals surface area (Å²) in [6, 6.07) is 21.7. The van der Waals surface area contributed by atoms with Crippen molar-refractivity contribution in [2.45, 2.75) is 109 Å². The molecular weight excluding hydrogens is 709 g/mol. The zero-order valence-electron chi connectivity index (χ0n) is 32.9. The topological polar surface area (TPSA) is 129 Å². The van der Waals surface area contributed by atoms with Crippen molar-refractivity contribution in [3.8, 4) is 17.2 Å². The molecule has 13 heteroatoms. The monoisotopic (exact) mass is 762 g/mol. The number of amides is 2. The van der Waals surface area contributed by atoms with Crippen molar-refractivity contribution < 1.29 is 23.7 Å². The summed E-state index contributed by atoms with van der Waals surface area (Å²) in [5.41, 5.74) is 4.29. The highest BCUT2D eigenvalue weighted by Gasteiger charge is 2.31. The van der Waals surface area contributed by atoms with Gasteiger partial charge in [0.15, 0.2) is 11.9 Å². The molecular formula is C43H54N8O5. The lowest BCUT2D eigenvalue weighted by Gasteiger charge is -2.33. The van der Waals surface area contributed by atoms with Gasteiger partial charge in [0.05, 0.1) is 30.2 Å². The van der Waals surface area contributed by atoms with E-state index in [9.17, 15) is 4.79 Å². The number of rotatable bonds is 11. The van der Waals surface area contributed by atoms with Gasteiger partial charge in [0.2, 0.25) is 5.95 Å². The number of urea groups is 1. The zero-order valence-corrected chi connectivity index (χ0v) is 32.9. The Hall–Kier alpha value is -5.14. The summed E-state index contributed by atoms with van der Waals surface area (Å²) >= 11 is 0. The molecule has 5 heterocycles. The number of ether oxygens (including phenoxy) is 4. The van der Waals surface area contributed by atoms with Gasteiger partial charge < -0.3 is 29.2 Å². The number of carbonyl (C=O) groups is 1. The van der Waals surface area contributed by atoms with Crippen LogP contribution in [0.3, 0.4) is 0 Å². The number of aromatic nitrogens is 5. The van der Waals surface area contributed by atoms with Crippen molar-refractivity contribution in [3.63, 3.8) is 0 Å². The van der Waals surface area contributed by atoms with E-state index >= 15 is 0 Å². The van der Waals surface area contributed by atoms with Gasteiger partial charge in [-0.2, -0.15) is 5.10 Å². The second-order valence-corrected chi connectivity index (χ2v) is 16.2. The molecule has 3 aromatic heterocycles. The maximum absolute atomic E-state index is 13.8. The van der Waals surface area contributed by atoms with E-state index in [1.54, 1.807) is 4.68 Å². The van der Waals surface area contributed by atoms with Crippen LogP contribution in [0.5, 0.6) is 11.5 Å². The van der Waals surface area contributed by atoms with Gasteiger partial charge in [-0.1, -0.05) is 51.1 Å². The SMILES string of the molecule is CC1CCCCN1c1nnc2ccc(O[C@@H]3CC[C@H](NC(=O)Nc4cc(C(C)(C)C)nn4-c4cccc(OCCOC5CCCCO5)c4)c4ccccc43)cn12. The van der Waals surface area contributed by atoms with E-state index in [-0.39, 0.29) is 29.9 Å². The van der Waals surface area contributed by atoms with Crippen LogP contribution in [0.15, 0.2) is 72.9 Å². The van der Waals surface area contributed by atoms with Gasteiger partial charge in [-0.25, -0.2) is 9.48 Å². The molecule has 0 saturated carbocycles. The molecule has 296 valence electrons. The maximum Gasteiger partial charge on any atom is 0.320 e. The minimum Gasteiger partial charge on any atom is -0.491 e. The van der Waals surface area contributed by atoms with Crippen LogP contribution in [-0.4, -0.2) is 69.1 Å². The molecule has 0 bridgehead atoms. The number of carbonyl (C=O) groups excluding carboxylic acids is 1. The molecule has 13 nitrogen and oxygen atoms in total. The second kappa shape index (κ2) is 16.5. The van der Waals surface area contributed by atoms with Crippen LogP contribution in [0.1, 0.15) is 108 Å². The van der Waals surface area contributed by atoms with E-state index < -0.39 is 0 Å². The van der Waals surface area contributed by atoms with Crippen molar-refractivity contribution >= 4 is 23.4 Å². The number of pyridine rings is 1. The van der Waals surface area contributed by atoms with Crippen LogP contribution < -0.4 is 25.0 Å². The summed E-state index contributed by atoms with van der Waals surface area (Å²) in [5, 5.41) is 20.3. The van der Waals surface area contributed by atoms with Crippen LogP contribution in [0, 0.1) is 0 Å².